The summed E-state index contributed by atoms with van der Waals surface area (Å²) < 4.78 is 5.17. The van der Waals surface area contributed by atoms with Crippen LogP contribution >= 0.6 is 22.7 Å². The van der Waals surface area contributed by atoms with Crippen LogP contribution in [0.2, 0.25) is 0 Å². The van der Waals surface area contributed by atoms with Gasteiger partial charge in [0.2, 0.25) is 0 Å². The minimum Gasteiger partial charge on any atom is -0.309 e. The summed E-state index contributed by atoms with van der Waals surface area (Å²) in [7, 11) is 0. The highest BCUT2D eigenvalue weighted by Gasteiger charge is 2.24. The van der Waals surface area contributed by atoms with Crippen molar-refractivity contribution in [3.8, 4) is 44.5 Å². The van der Waals surface area contributed by atoms with Gasteiger partial charge < -0.3 is 4.90 Å². The molecule has 0 N–H and O–H groups in total. The third-order valence-electron chi connectivity index (χ3n) is 11.1. The van der Waals surface area contributed by atoms with E-state index in [1.165, 1.54) is 90.5 Å². The Morgan fingerprint density at radius 1 is 0.298 bits per heavy atom. The minimum atomic E-state index is 1.11. The van der Waals surface area contributed by atoms with E-state index in [4.69, 9.17) is 0 Å². The number of fused-ring (bicyclic) bond motifs is 6. The van der Waals surface area contributed by atoms with Crippen molar-refractivity contribution >= 4 is 80.1 Å². The second kappa shape index (κ2) is 14.1. The van der Waals surface area contributed by atoms with Crippen molar-refractivity contribution < 1.29 is 0 Å². The maximum absolute atomic E-state index is 2.49. The van der Waals surface area contributed by atoms with Gasteiger partial charge in [-0.1, -0.05) is 170 Å². The average molecular weight is 762 g/mol. The van der Waals surface area contributed by atoms with E-state index < -0.39 is 0 Å². The lowest BCUT2D eigenvalue weighted by atomic mass is 9.86. The van der Waals surface area contributed by atoms with Crippen LogP contribution in [0.25, 0.3) is 84.9 Å². The molecule has 0 radical (unpaired) electrons. The van der Waals surface area contributed by atoms with Gasteiger partial charge in [-0.2, -0.15) is 0 Å². The van der Waals surface area contributed by atoms with Crippen LogP contribution in [0.3, 0.4) is 0 Å². The van der Waals surface area contributed by atoms with Gasteiger partial charge in [-0.05, 0) is 81.4 Å². The fourth-order valence-corrected chi connectivity index (χ4v) is 10.9. The molecule has 2 heterocycles. The van der Waals surface area contributed by atoms with Crippen molar-refractivity contribution in [2.75, 3.05) is 4.90 Å². The molecule has 0 bridgehead atoms. The number of anilines is 3. The third-order valence-corrected chi connectivity index (χ3v) is 13.5. The highest BCUT2D eigenvalue weighted by Crippen LogP contribution is 2.51. The Labute approximate surface area is 340 Å². The van der Waals surface area contributed by atoms with Crippen LogP contribution in [0.4, 0.5) is 17.1 Å². The molecule has 0 saturated carbocycles. The Morgan fingerprint density at radius 3 is 1.46 bits per heavy atom. The Morgan fingerprint density at radius 2 is 0.789 bits per heavy atom. The molecule has 0 aliphatic rings. The molecule has 57 heavy (non-hydrogen) atoms. The number of benzene rings is 9. The monoisotopic (exact) mass is 761 g/mol. The Bertz CT molecular complexity index is 3220. The number of hydrogen-bond donors (Lipinski definition) is 0. The molecule has 268 valence electrons. The van der Waals surface area contributed by atoms with Crippen LogP contribution in [0.1, 0.15) is 0 Å². The lowest BCUT2D eigenvalue weighted by molar-refractivity contribution is 1.30. The van der Waals surface area contributed by atoms with Gasteiger partial charge in [0.15, 0.2) is 0 Å². The zero-order chi connectivity index (χ0) is 37.7. The van der Waals surface area contributed by atoms with Crippen molar-refractivity contribution in [2.24, 2.45) is 0 Å². The lowest BCUT2D eigenvalue weighted by Gasteiger charge is -2.29. The maximum Gasteiger partial charge on any atom is 0.0640 e. The van der Waals surface area contributed by atoms with Crippen molar-refractivity contribution in [3.63, 3.8) is 0 Å². The summed E-state index contributed by atoms with van der Waals surface area (Å²) in [5.41, 5.74) is 13.0. The molecule has 11 rings (SSSR count). The van der Waals surface area contributed by atoms with E-state index in [-0.39, 0.29) is 0 Å². The Balaban J connectivity index is 1.25. The standard InChI is InChI=1S/C54H35NS2/c1-4-16-36(17-5-1)37-30-32-40(33-31-37)55(49-27-15-26-45-43-23-11-13-29-51(43)57-54(45)49)41-34-47(38-18-6-2-7-19-38)52(39-20-8-3-9-21-39)48(35-41)46-25-14-24-44-42-22-10-12-28-50(42)56-53(44)46/h1-35H. The zero-order valence-corrected chi connectivity index (χ0v) is 32.6. The summed E-state index contributed by atoms with van der Waals surface area (Å²) in [4.78, 5) is 2.49. The van der Waals surface area contributed by atoms with E-state index in [0.717, 1.165) is 11.4 Å². The van der Waals surface area contributed by atoms with E-state index in [0.29, 0.717) is 0 Å². The fourth-order valence-electron chi connectivity index (χ4n) is 8.46. The highest BCUT2D eigenvalue weighted by atomic mass is 32.1. The summed E-state index contributed by atoms with van der Waals surface area (Å²) in [6, 6.07) is 77.7. The van der Waals surface area contributed by atoms with E-state index in [2.05, 4.69) is 217 Å². The van der Waals surface area contributed by atoms with Gasteiger partial charge in [0, 0.05) is 52.6 Å². The van der Waals surface area contributed by atoms with Crippen molar-refractivity contribution in [1.29, 1.82) is 0 Å². The number of rotatable bonds is 7. The first-order chi connectivity index (χ1) is 28.3. The van der Waals surface area contributed by atoms with Gasteiger partial charge >= 0.3 is 0 Å². The number of hydrogen-bond acceptors (Lipinski definition) is 3. The normalized spacial score (nSPS) is 11.5. The maximum atomic E-state index is 2.49. The Hall–Kier alpha value is -6.78. The molecular formula is C54H35NS2. The molecule has 0 aliphatic carbocycles. The predicted molar refractivity (Wildman–Crippen MR) is 249 cm³/mol. The molecule has 0 fully saturated rings. The van der Waals surface area contributed by atoms with E-state index >= 15 is 0 Å². The lowest BCUT2D eigenvalue weighted by Crippen LogP contribution is -2.11. The molecule has 11 aromatic rings. The second-order valence-electron chi connectivity index (χ2n) is 14.4. The first kappa shape index (κ1) is 33.5. The van der Waals surface area contributed by atoms with Crippen LogP contribution in [0, 0.1) is 0 Å². The third kappa shape index (κ3) is 5.83. The van der Waals surface area contributed by atoms with Crippen molar-refractivity contribution in [1.82, 2.24) is 0 Å². The van der Waals surface area contributed by atoms with E-state index in [1.807, 2.05) is 22.7 Å². The molecule has 0 saturated heterocycles. The first-order valence-corrected chi connectivity index (χ1v) is 21.0. The minimum absolute atomic E-state index is 1.11. The van der Waals surface area contributed by atoms with Gasteiger partial charge in [0.25, 0.3) is 0 Å². The molecule has 0 amide bonds. The molecule has 0 unspecified atom stereocenters. The van der Waals surface area contributed by atoms with Gasteiger partial charge in [-0.3, -0.25) is 0 Å². The Kier molecular flexibility index (Phi) is 8.28. The average Bonchev–Trinajstić information content (AvgIpc) is 3.87. The topological polar surface area (TPSA) is 3.24 Å². The van der Waals surface area contributed by atoms with Gasteiger partial charge in [-0.15, -0.1) is 22.7 Å². The highest BCUT2D eigenvalue weighted by molar-refractivity contribution is 7.26. The smallest absolute Gasteiger partial charge is 0.0640 e. The first-order valence-electron chi connectivity index (χ1n) is 19.3. The molecule has 0 atom stereocenters. The van der Waals surface area contributed by atoms with Crippen molar-refractivity contribution in [2.45, 2.75) is 0 Å². The molecular weight excluding hydrogens is 727 g/mol. The van der Waals surface area contributed by atoms with Crippen molar-refractivity contribution in [3.05, 3.63) is 212 Å². The summed E-state index contributed by atoms with van der Waals surface area (Å²) >= 11 is 3.76. The number of nitrogens with zero attached hydrogens (tertiary/aromatic N) is 1. The second-order valence-corrected chi connectivity index (χ2v) is 16.5. The fraction of sp³-hybridized carbons (Fsp3) is 0. The van der Waals surface area contributed by atoms with Crippen LogP contribution in [0.15, 0.2) is 212 Å². The molecule has 0 aliphatic heterocycles. The molecule has 3 heteroatoms. The van der Waals surface area contributed by atoms with E-state index in [1.54, 1.807) is 0 Å². The molecule has 2 aromatic heterocycles. The predicted octanol–water partition coefficient (Wildman–Crippen LogP) is 16.6. The zero-order valence-electron chi connectivity index (χ0n) is 31.0. The molecule has 0 spiro atoms. The van der Waals surface area contributed by atoms with Crippen LogP contribution < -0.4 is 4.90 Å². The van der Waals surface area contributed by atoms with Gasteiger partial charge in [0.1, 0.15) is 0 Å². The largest absolute Gasteiger partial charge is 0.309 e. The SMILES string of the molecule is c1ccc(-c2ccc(N(c3cc(-c4ccccc4)c(-c4ccccc4)c(-c4cccc5c4sc4ccccc45)c3)c3cccc4c3sc3ccccc34)cc2)cc1. The van der Waals surface area contributed by atoms with Crippen LogP contribution in [0.5, 0.6) is 0 Å². The molecule has 9 aromatic carbocycles. The van der Waals surface area contributed by atoms with Gasteiger partial charge in [-0.25, -0.2) is 0 Å². The summed E-state index contributed by atoms with van der Waals surface area (Å²) in [5, 5.41) is 5.16. The number of thiophene rings is 2. The summed E-state index contributed by atoms with van der Waals surface area (Å²) in [6.45, 7) is 0. The molecule has 1 nitrogen and oxygen atoms in total. The van der Waals surface area contributed by atoms with Crippen LogP contribution in [-0.2, 0) is 0 Å². The quantitative estimate of drug-likeness (QED) is 0.156. The summed E-state index contributed by atoms with van der Waals surface area (Å²) in [5.74, 6) is 0. The summed E-state index contributed by atoms with van der Waals surface area (Å²) in [6.07, 6.45) is 0. The van der Waals surface area contributed by atoms with E-state index in [9.17, 15) is 0 Å². The van der Waals surface area contributed by atoms with Gasteiger partial charge in [0.05, 0.1) is 10.4 Å². The van der Waals surface area contributed by atoms with Crippen LogP contribution in [-0.4, -0.2) is 0 Å².